The van der Waals surface area contributed by atoms with E-state index >= 15 is 0 Å². The molecule has 0 aromatic heterocycles. The molecule has 0 fully saturated rings. The predicted octanol–water partition coefficient (Wildman–Crippen LogP) is 13.5. The smallest absolute Gasteiger partial charge is 0.0468 e. The molecule has 0 radical (unpaired) electrons. The van der Waals surface area contributed by atoms with E-state index in [2.05, 4.69) is 193 Å². The van der Waals surface area contributed by atoms with Gasteiger partial charge in [0.2, 0.25) is 0 Å². The van der Waals surface area contributed by atoms with E-state index in [0.29, 0.717) is 0 Å². The van der Waals surface area contributed by atoms with E-state index in [1.807, 2.05) is 0 Å². The molecular formula is C48H31N. The summed E-state index contributed by atoms with van der Waals surface area (Å²) in [4.78, 5) is 2.40. The van der Waals surface area contributed by atoms with Gasteiger partial charge in [-0.25, -0.2) is 0 Å². The van der Waals surface area contributed by atoms with E-state index in [1.165, 1.54) is 77.9 Å². The molecule has 8 aromatic rings. The van der Waals surface area contributed by atoms with Crippen LogP contribution in [0.2, 0.25) is 0 Å². The molecule has 49 heavy (non-hydrogen) atoms. The first-order valence-corrected chi connectivity index (χ1v) is 16.9. The summed E-state index contributed by atoms with van der Waals surface area (Å²) in [5.41, 5.74) is 21.2. The Bertz CT molecular complexity index is 2400. The average Bonchev–Trinajstić information content (AvgIpc) is 3.29. The number of anilines is 3. The van der Waals surface area contributed by atoms with Crippen molar-refractivity contribution in [1.82, 2.24) is 0 Å². The molecule has 0 atom stereocenters. The van der Waals surface area contributed by atoms with Crippen LogP contribution in [-0.2, 0) is 0 Å². The first-order valence-electron chi connectivity index (χ1n) is 16.9. The number of hydrogen-bond donors (Lipinski definition) is 0. The van der Waals surface area contributed by atoms with Crippen molar-refractivity contribution < 1.29 is 0 Å². The van der Waals surface area contributed by atoms with Crippen molar-refractivity contribution in [2.45, 2.75) is 0 Å². The fourth-order valence-electron chi connectivity index (χ4n) is 7.95. The lowest BCUT2D eigenvalue weighted by molar-refractivity contribution is 1.28. The maximum absolute atomic E-state index is 2.42. The highest BCUT2D eigenvalue weighted by atomic mass is 15.1. The first-order chi connectivity index (χ1) is 24.3. The zero-order chi connectivity index (χ0) is 32.3. The summed E-state index contributed by atoms with van der Waals surface area (Å²) in [6.07, 6.45) is 0. The predicted molar refractivity (Wildman–Crippen MR) is 206 cm³/mol. The minimum atomic E-state index is 1.12. The fourth-order valence-corrected chi connectivity index (χ4v) is 7.95. The SMILES string of the molecule is c1ccc(-c2ccc(N(c3ccc(-c4ccccc4)cc3)c3ccc4c(c3)-c3c5cccc3-c3cccc-4c3-c3ccccc3-5)cc2)cc1. The highest BCUT2D eigenvalue weighted by Crippen LogP contribution is 2.57. The summed E-state index contributed by atoms with van der Waals surface area (Å²) >= 11 is 0. The van der Waals surface area contributed by atoms with Crippen LogP contribution in [0.15, 0.2) is 188 Å². The second-order valence-corrected chi connectivity index (χ2v) is 12.9. The van der Waals surface area contributed by atoms with Crippen molar-refractivity contribution in [3.05, 3.63) is 188 Å². The topological polar surface area (TPSA) is 3.24 Å². The molecular weight excluding hydrogens is 591 g/mol. The van der Waals surface area contributed by atoms with Gasteiger partial charge in [-0.15, -0.1) is 0 Å². The lowest BCUT2D eigenvalue weighted by atomic mass is 9.83. The minimum absolute atomic E-state index is 1.12. The van der Waals surface area contributed by atoms with Gasteiger partial charge in [-0.05, 0) is 114 Å². The van der Waals surface area contributed by atoms with Gasteiger partial charge < -0.3 is 4.90 Å². The Morgan fingerprint density at radius 3 is 1.12 bits per heavy atom. The summed E-state index contributed by atoms with van der Waals surface area (Å²) in [7, 11) is 0. The molecule has 1 heteroatoms. The van der Waals surface area contributed by atoms with Crippen molar-refractivity contribution in [3.63, 3.8) is 0 Å². The Hall–Kier alpha value is -6.44. The molecule has 0 saturated carbocycles. The van der Waals surface area contributed by atoms with Gasteiger partial charge in [-0.3, -0.25) is 0 Å². The molecule has 0 amide bonds. The van der Waals surface area contributed by atoms with Gasteiger partial charge in [0.25, 0.3) is 0 Å². The largest absolute Gasteiger partial charge is 0.310 e. The molecule has 2 aliphatic carbocycles. The van der Waals surface area contributed by atoms with Gasteiger partial charge in [0.15, 0.2) is 0 Å². The zero-order valence-corrected chi connectivity index (χ0v) is 26.8. The number of nitrogens with zero attached hydrogens (tertiary/aromatic N) is 1. The summed E-state index contributed by atoms with van der Waals surface area (Å²) in [6.45, 7) is 0. The maximum atomic E-state index is 2.42. The van der Waals surface area contributed by atoms with Crippen molar-refractivity contribution in [2.75, 3.05) is 4.90 Å². The van der Waals surface area contributed by atoms with Crippen molar-refractivity contribution in [2.24, 2.45) is 0 Å². The van der Waals surface area contributed by atoms with Crippen molar-refractivity contribution in [1.29, 1.82) is 0 Å². The third-order valence-electron chi connectivity index (χ3n) is 10.2. The fraction of sp³-hybridized carbons (Fsp3) is 0. The Kier molecular flexibility index (Phi) is 6.25. The highest BCUT2D eigenvalue weighted by molar-refractivity contribution is 6.15. The Morgan fingerprint density at radius 1 is 0.224 bits per heavy atom. The lowest BCUT2D eigenvalue weighted by Crippen LogP contribution is -2.10. The minimum Gasteiger partial charge on any atom is -0.310 e. The Labute approximate surface area is 287 Å². The number of hydrogen-bond acceptors (Lipinski definition) is 1. The number of benzene rings is 8. The van der Waals surface area contributed by atoms with Crippen LogP contribution in [-0.4, -0.2) is 0 Å². The highest BCUT2D eigenvalue weighted by Gasteiger charge is 2.31. The lowest BCUT2D eigenvalue weighted by Gasteiger charge is -2.28. The normalized spacial score (nSPS) is 11.7. The Morgan fingerprint density at radius 2 is 0.592 bits per heavy atom. The molecule has 228 valence electrons. The molecule has 0 unspecified atom stereocenters. The van der Waals surface area contributed by atoms with Crippen LogP contribution in [0.4, 0.5) is 17.1 Å². The van der Waals surface area contributed by atoms with Gasteiger partial charge in [0.05, 0.1) is 0 Å². The first kappa shape index (κ1) is 27.7. The summed E-state index contributed by atoms with van der Waals surface area (Å²) in [5.74, 6) is 0. The van der Waals surface area contributed by atoms with E-state index < -0.39 is 0 Å². The van der Waals surface area contributed by atoms with E-state index in [4.69, 9.17) is 0 Å². The molecule has 0 spiro atoms. The van der Waals surface area contributed by atoms with Crippen LogP contribution >= 0.6 is 0 Å². The van der Waals surface area contributed by atoms with Gasteiger partial charge in [0.1, 0.15) is 0 Å². The molecule has 1 nitrogen and oxygen atoms in total. The molecule has 8 aromatic carbocycles. The van der Waals surface area contributed by atoms with Crippen molar-refractivity contribution >= 4 is 17.1 Å². The molecule has 0 heterocycles. The summed E-state index contributed by atoms with van der Waals surface area (Å²) in [5, 5.41) is 0. The third kappa shape index (κ3) is 4.40. The standard InChI is InChI=1S/C48H31N/c1-3-11-32(12-4-1)34-21-25-36(26-22-34)49(37-27-23-35(24-28-37)33-13-5-2-6-14-33)38-29-30-40-43-18-10-19-44-45-20-9-17-42(48(45)46(40)31-38)39-15-7-8-16-41(39)47(43)44/h1-31H. The quantitative estimate of drug-likeness (QED) is 0.185. The van der Waals surface area contributed by atoms with Crippen LogP contribution < -0.4 is 4.90 Å². The summed E-state index contributed by atoms with van der Waals surface area (Å²) < 4.78 is 0. The number of rotatable bonds is 5. The van der Waals surface area contributed by atoms with Gasteiger partial charge in [0, 0.05) is 17.1 Å². The maximum Gasteiger partial charge on any atom is 0.0468 e. The van der Waals surface area contributed by atoms with Crippen LogP contribution in [0.3, 0.4) is 0 Å². The number of fused-ring (bicyclic) bond motifs is 4. The molecule has 6 bridgehead atoms. The van der Waals surface area contributed by atoms with Crippen LogP contribution in [0.25, 0.3) is 77.9 Å². The van der Waals surface area contributed by atoms with Crippen LogP contribution in [0.1, 0.15) is 0 Å². The van der Waals surface area contributed by atoms with Gasteiger partial charge in [-0.1, -0.05) is 152 Å². The zero-order valence-electron chi connectivity index (χ0n) is 26.8. The second kappa shape index (κ2) is 11.1. The van der Waals surface area contributed by atoms with Gasteiger partial charge in [-0.2, -0.15) is 0 Å². The monoisotopic (exact) mass is 621 g/mol. The van der Waals surface area contributed by atoms with E-state index in [-0.39, 0.29) is 0 Å². The molecule has 0 saturated heterocycles. The van der Waals surface area contributed by atoms with E-state index in [0.717, 1.165) is 17.1 Å². The second-order valence-electron chi connectivity index (χ2n) is 12.9. The van der Waals surface area contributed by atoms with Crippen LogP contribution in [0.5, 0.6) is 0 Å². The van der Waals surface area contributed by atoms with Crippen LogP contribution in [0, 0.1) is 0 Å². The molecule has 2 aliphatic rings. The molecule has 10 rings (SSSR count). The average molecular weight is 622 g/mol. The third-order valence-corrected chi connectivity index (χ3v) is 10.2. The van der Waals surface area contributed by atoms with E-state index in [1.54, 1.807) is 0 Å². The van der Waals surface area contributed by atoms with Gasteiger partial charge >= 0.3 is 0 Å². The summed E-state index contributed by atoms with van der Waals surface area (Å²) in [6, 6.07) is 68.7. The molecule has 0 N–H and O–H groups in total. The van der Waals surface area contributed by atoms with E-state index in [9.17, 15) is 0 Å². The Balaban J connectivity index is 1.18. The van der Waals surface area contributed by atoms with Crippen molar-refractivity contribution in [3.8, 4) is 77.9 Å². The molecule has 0 aliphatic heterocycles.